The summed E-state index contributed by atoms with van der Waals surface area (Å²) in [5.74, 6) is -0.869. The number of aromatic carboxylic acids is 1. The Hall–Kier alpha value is -1.81. The molecule has 0 fully saturated rings. The predicted octanol–water partition coefficient (Wildman–Crippen LogP) is 4.24. The first kappa shape index (κ1) is 13.2. The van der Waals surface area contributed by atoms with Crippen molar-refractivity contribution in [2.75, 3.05) is 5.32 Å². The molecule has 0 saturated heterocycles. The van der Waals surface area contributed by atoms with Crippen LogP contribution in [-0.4, -0.2) is 11.1 Å². The smallest absolute Gasteiger partial charge is 0.335 e. The fourth-order valence-corrected chi connectivity index (χ4v) is 3.82. The Morgan fingerprint density at radius 2 is 2.25 bits per heavy atom. The van der Waals surface area contributed by atoms with E-state index < -0.39 is 5.97 Å². The molecule has 1 aliphatic carbocycles. The van der Waals surface area contributed by atoms with E-state index >= 15 is 0 Å². The van der Waals surface area contributed by atoms with E-state index in [0.29, 0.717) is 11.6 Å². The van der Waals surface area contributed by atoms with Gasteiger partial charge in [-0.3, -0.25) is 0 Å². The average molecular weight is 287 g/mol. The summed E-state index contributed by atoms with van der Waals surface area (Å²) < 4.78 is 0. The number of fused-ring (bicyclic) bond motifs is 1. The molecule has 1 atom stereocenters. The van der Waals surface area contributed by atoms with Gasteiger partial charge < -0.3 is 10.4 Å². The van der Waals surface area contributed by atoms with Crippen LogP contribution in [0.2, 0.25) is 0 Å². The first-order chi connectivity index (χ1) is 9.65. The highest BCUT2D eigenvalue weighted by molar-refractivity contribution is 7.10. The summed E-state index contributed by atoms with van der Waals surface area (Å²) >= 11 is 1.83. The van der Waals surface area contributed by atoms with Crippen LogP contribution in [0.3, 0.4) is 0 Å². The van der Waals surface area contributed by atoms with Gasteiger partial charge >= 0.3 is 5.97 Å². The number of carbonyl (C=O) groups is 1. The summed E-state index contributed by atoms with van der Waals surface area (Å²) in [5.41, 5.74) is 3.57. The van der Waals surface area contributed by atoms with Crippen LogP contribution in [0.25, 0.3) is 0 Å². The molecular formula is C16H17NO2S. The molecule has 1 aromatic heterocycles. The number of hydrogen-bond donors (Lipinski definition) is 2. The molecule has 0 aliphatic heterocycles. The second kappa shape index (κ2) is 5.29. The monoisotopic (exact) mass is 287 g/mol. The van der Waals surface area contributed by atoms with Crippen molar-refractivity contribution in [2.45, 2.75) is 32.2 Å². The Kier molecular flexibility index (Phi) is 3.49. The fourth-order valence-electron chi connectivity index (χ4n) is 2.83. The molecule has 4 heteroatoms. The number of rotatable bonds is 3. The van der Waals surface area contributed by atoms with Crippen molar-refractivity contribution < 1.29 is 9.90 Å². The third kappa shape index (κ3) is 2.43. The van der Waals surface area contributed by atoms with Crippen molar-refractivity contribution in [2.24, 2.45) is 0 Å². The highest BCUT2D eigenvalue weighted by Crippen LogP contribution is 2.35. The lowest BCUT2D eigenvalue weighted by molar-refractivity contribution is 0.0696. The van der Waals surface area contributed by atoms with Gasteiger partial charge in [0.2, 0.25) is 0 Å². The summed E-state index contributed by atoms with van der Waals surface area (Å²) in [4.78, 5) is 12.5. The number of aryl methyl sites for hydroxylation is 2. The molecule has 1 unspecified atom stereocenters. The van der Waals surface area contributed by atoms with E-state index in [0.717, 1.165) is 17.7 Å². The SMILES string of the molecule is Cc1cc(NC2CCCc3sccc32)ccc1C(=O)O. The number of hydrogen-bond acceptors (Lipinski definition) is 3. The van der Waals surface area contributed by atoms with Gasteiger partial charge in [0, 0.05) is 10.6 Å². The number of carboxylic acids is 1. The molecule has 104 valence electrons. The first-order valence-electron chi connectivity index (χ1n) is 6.82. The van der Waals surface area contributed by atoms with Gasteiger partial charge in [0.25, 0.3) is 0 Å². The lowest BCUT2D eigenvalue weighted by atomic mass is 9.93. The van der Waals surface area contributed by atoms with Gasteiger partial charge in [-0.25, -0.2) is 4.79 Å². The van der Waals surface area contributed by atoms with E-state index in [1.165, 1.54) is 23.3 Å². The molecule has 2 aromatic rings. The van der Waals surface area contributed by atoms with Gasteiger partial charge in [-0.2, -0.15) is 0 Å². The molecule has 3 rings (SSSR count). The van der Waals surface area contributed by atoms with Gasteiger partial charge in [0.05, 0.1) is 11.6 Å². The highest BCUT2D eigenvalue weighted by atomic mass is 32.1. The number of carboxylic acid groups (broad SMARTS) is 1. The standard InChI is InChI=1S/C16H17NO2S/c1-10-9-11(5-6-12(10)16(18)19)17-14-3-2-4-15-13(14)7-8-20-15/h5-9,14,17H,2-4H2,1H3,(H,18,19). The number of nitrogens with one attached hydrogen (secondary N) is 1. The molecule has 0 radical (unpaired) electrons. The van der Waals surface area contributed by atoms with Crippen LogP contribution in [0.4, 0.5) is 5.69 Å². The Bertz CT molecular complexity index is 648. The highest BCUT2D eigenvalue weighted by Gasteiger charge is 2.21. The lowest BCUT2D eigenvalue weighted by Crippen LogP contribution is -2.15. The van der Waals surface area contributed by atoms with Crippen LogP contribution in [0.15, 0.2) is 29.6 Å². The molecule has 0 amide bonds. The minimum Gasteiger partial charge on any atom is -0.478 e. The van der Waals surface area contributed by atoms with E-state index in [-0.39, 0.29) is 0 Å². The van der Waals surface area contributed by atoms with E-state index in [1.807, 2.05) is 30.4 Å². The number of benzene rings is 1. The molecule has 0 spiro atoms. The van der Waals surface area contributed by atoms with Crippen molar-refractivity contribution in [3.63, 3.8) is 0 Å². The molecule has 2 N–H and O–H groups in total. The lowest BCUT2D eigenvalue weighted by Gasteiger charge is -2.25. The number of anilines is 1. The first-order valence-corrected chi connectivity index (χ1v) is 7.70. The zero-order valence-corrected chi connectivity index (χ0v) is 12.2. The second-order valence-corrected chi connectivity index (χ2v) is 6.22. The van der Waals surface area contributed by atoms with E-state index in [9.17, 15) is 4.79 Å². The Labute approximate surface area is 122 Å². The molecule has 3 nitrogen and oxygen atoms in total. The van der Waals surface area contributed by atoms with Gasteiger partial charge in [-0.1, -0.05) is 0 Å². The largest absolute Gasteiger partial charge is 0.478 e. The fraction of sp³-hybridized carbons (Fsp3) is 0.312. The molecule has 1 aromatic carbocycles. The summed E-state index contributed by atoms with van der Waals surface area (Å²) in [6, 6.07) is 8.01. The van der Waals surface area contributed by atoms with Crippen molar-refractivity contribution in [3.8, 4) is 0 Å². The van der Waals surface area contributed by atoms with Gasteiger partial charge in [0.1, 0.15) is 0 Å². The maximum Gasteiger partial charge on any atom is 0.335 e. The second-order valence-electron chi connectivity index (χ2n) is 5.22. The van der Waals surface area contributed by atoms with Crippen molar-refractivity contribution in [1.29, 1.82) is 0 Å². The van der Waals surface area contributed by atoms with Crippen LogP contribution < -0.4 is 5.32 Å². The summed E-state index contributed by atoms with van der Waals surface area (Å²) in [6.07, 6.45) is 3.52. The van der Waals surface area contributed by atoms with E-state index in [1.54, 1.807) is 6.07 Å². The van der Waals surface area contributed by atoms with E-state index in [2.05, 4.69) is 16.8 Å². The third-order valence-electron chi connectivity index (χ3n) is 3.85. The topological polar surface area (TPSA) is 49.3 Å². The molecule has 20 heavy (non-hydrogen) atoms. The quantitative estimate of drug-likeness (QED) is 0.887. The van der Waals surface area contributed by atoms with Crippen molar-refractivity contribution >= 4 is 23.0 Å². The molecule has 1 aliphatic rings. The van der Waals surface area contributed by atoms with Gasteiger partial charge in [0.15, 0.2) is 0 Å². The molecule has 0 bridgehead atoms. The molecule has 0 saturated carbocycles. The summed E-state index contributed by atoms with van der Waals surface area (Å²) in [7, 11) is 0. The Morgan fingerprint density at radius 1 is 1.40 bits per heavy atom. The Balaban J connectivity index is 1.83. The normalized spacial score (nSPS) is 17.6. The van der Waals surface area contributed by atoms with Crippen LogP contribution in [0.5, 0.6) is 0 Å². The maximum absolute atomic E-state index is 11.0. The zero-order chi connectivity index (χ0) is 14.1. The van der Waals surface area contributed by atoms with Crippen LogP contribution >= 0.6 is 11.3 Å². The van der Waals surface area contributed by atoms with Gasteiger partial charge in [-0.15, -0.1) is 11.3 Å². The maximum atomic E-state index is 11.0. The van der Waals surface area contributed by atoms with Crippen molar-refractivity contribution in [1.82, 2.24) is 0 Å². The van der Waals surface area contributed by atoms with Gasteiger partial charge in [-0.05, 0) is 67.0 Å². The Morgan fingerprint density at radius 3 is 3.00 bits per heavy atom. The average Bonchev–Trinajstić information content (AvgIpc) is 2.87. The van der Waals surface area contributed by atoms with Crippen LogP contribution in [0, 0.1) is 6.92 Å². The minimum absolute atomic E-state index is 0.347. The third-order valence-corrected chi connectivity index (χ3v) is 4.85. The number of thiophene rings is 1. The molecule has 1 heterocycles. The van der Waals surface area contributed by atoms with Crippen LogP contribution in [-0.2, 0) is 6.42 Å². The predicted molar refractivity (Wildman–Crippen MR) is 81.8 cm³/mol. The van der Waals surface area contributed by atoms with Crippen molar-refractivity contribution in [3.05, 3.63) is 51.2 Å². The summed E-state index contributed by atoms with van der Waals surface area (Å²) in [6.45, 7) is 1.84. The minimum atomic E-state index is -0.869. The zero-order valence-electron chi connectivity index (χ0n) is 11.3. The molecular weight excluding hydrogens is 270 g/mol. The van der Waals surface area contributed by atoms with E-state index in [4.69, 9.17) is 5.11 Å². The summed E-state index contributed by atoms with van der Waals surface area (Å²) in [5, 5.41) is 14.8. The van der Waals surface area contributed by atoms with Crippen LogP contribution in [0.1, 0.15) is 45.2 Å².